The van der Waals surface area contributed by atoms with E-state index in [0.717, 1.165) is 5.56 Å². The molecule has 2 rings (SSSR count). The van der Waals surface area contributed by atoms with Crippen LogP contribution in [0.25, 0.3) is 0 Å². The zero-order valence-corrected chi connectivity index (χ0v) is 10.7. The first-order chi connectivity index (χ1) is 8.06. The van der Waals surface area contributed by atoms with Crippen molar-refractivity contribution < 1.29 is 4.74 Å². The predicted molar refractivity (Wildman–Crippen MR) is 72.1 cm³/mol. The molecule has 0 unspecified atom stereocenters. The molecule has 2 aromatic rings. The maximum absolute atomic E-state index is 6.05. The molecule has 0 heterocycles. The smallest absolute Gasteiger partial charge is 0.146 e. The van der Waals surface area contributed by atoms with Crippen LogP contribution in [-0.4, -0.2) is 0 Å². The van der Waals surface area contributed by atoms with Crippen LogP contribution in [0.3, 0.4) is 0 Å². The van der Waals surface area contributed by atoms with Gasteiger partial charge >= 0.3 is 0 Å². The largest absolute Gasteiger partial charge is 0.456 e. The summed E-state index contributed by atoms with van der Waals surface area (Å²) < 4.78 is 5.65. The second kappa shape index (κ2) is 4.86. The Hall–Kier alpha value is -1.38. The molecule has 0 fully saturated rings. The van der Waals surface area contributed by atoms with Gasteiger partial charge in [-0.25, -0.2) is 0 Å². The Bertz CT molecular complexity index is 538. The van der Waals surface area contributed by atoms with Gasteiger partial charge < -0.3 is 10.5 Å². The van der Waals surface area contributed by atoms with Gasteiger partial charge in [-0.15, -0.1) is 0 Å². The van der Waals surface area contributed by atoms with Gasteiger partial charge in [0.15, 0.2) is 0 Å². The number of aryl methyl sites for hydroxylation is 1. The Kier molecular flexibility index (Phi) is 3.46. The third-order valence-corrected chi connectivity index (χ3v) is 2.91. The Balaban J connectivity index is 2.30. The number of nitrogens with two attached hydrogens (primary N) is 1. The molecule has 0 aliphatic rings. The van der Waals surface area contributed by atoms with Crippen LogP contribution in [0.5, 0.6) is 11.5 Å². The number of anilines is 1. The van der Waals surface area contributed by atoms with Crippen LogP contribution >= 0.6 is 23.2 Å². The van der Waals surface area contributed by atoms with Crippen LogP contribution in [0, 0.1) is 6.92 Å². The summed E-state index contributed by atoms with van der Waals surface area (Å²) >= 11 is 11.8. The molecule has 0 bridgehead atoms. The molecule has 0 aliphatic carbocycles. The second-order valence-corrected chi connectivity index (χ2v) is 4.54. The second-order valence-electron chi connectivity index (χ2n) is 3.70. The monoisotopic (exact) mass is 267 g/mol. The molecule has 0 atom stereocenters. The molecule has 17 heavy (non-hydrogen) atoms. The third kappa shape index (κ3) is 2.84. The van der Waals surface area contributed by atoms with E-state index >= 15 is 0 Å². The van der Waals surface area contributed by atoms with Crippen LogP contribution in [-0.2, 0) is 0 Å². The van der Waals surface area contributed by atoms with Crippen LogP contribution in [0.4, 0.5) is 5.69 Å². The average molecular weight is 268 g/mol. The molecule has 2 nitrogen and oxygen atoms in total. The number of rotatable bonds is 2. The molecule has 0 aromatic heterocycles. The molecule has 0 amide bonds. The van der Waals surface area contributed by atoms with Crippen molar-refractivity contribution in [2.75, 3.05) is 5.73 Å². The number of halogens is 2. The Morgan fingerprint density at radius 1 is 1.06 bits per heavy atom. The van der Waals surface area contributed by atoms with Gasteiger partial charge in [-0.3, -0.25) is 0 Å². The summed E-state index contributed by atoms with van der Waals surface area (Å²) in [7, 11) is 0. The van der Waals surface area contributed by atoms with Gasteiger partial charge in [0.2, 0.25) is 0 Å². The summed E-state index contributed by atoms with van der Waals surface area (Å²) in [6.07, 6.45) is 0. The molecule has 0 saturated carbocycles. The number of ether oxygens (including phenoxy) is 1. The van der Waals surface area contributed by atoms with Crippen LogP contribution in [0.15, 0.2) is 36.4 Å². The highest BCUT2D eigenvalue weighted by atomic mass is 35.5. The fourth-order valence-corrected chi connectivity index (χ4v) is 1.71. The van der Waals surface area contributed by atoms with E-state index in [1.807, 2.05) is 13.0 Å². The van der Waals surface area contributed by atoms with Crippen molar-refractivity contribution >= 4 is 28.9 Å². The van der Waals surface area contributed by atoms with Crippen LogP contribution in [0.1, 0.15) is 5.56 Å². The average Bonchev–Trinajstić information content (AvgIpc) is 2.29. The standard InChI is InChI=1S/C13H11Cl2NO/c1-8-6-13(11(15)7-12(8)16)17-10-4-2-9(14)3-5-10/h2-7H,16H2,1H3. The number of hydrogen-bond acceptors (Lipinski definition) is 2. The van der Waals surface area contributed by atoms with Gasteiger partial charge in [0, 0.05) is 10.7 Å². The summed E-state index contributed by atoms with van der Waals surface area (Å²) in [6.45, 7) is 1.90. The fourth-order valence-electron chi connectivity index (χ4n) is 1.38. The minimum absolute atomic E-state index is 0.489. The Labute approximate surface area is 110 Å². The van der Waals surface area contributed by atoms with E-state index in [1.165, 1.54) is 0 Å². The summed E-state index contributed by atoms with van der Waals surface area (Å²) in [5, 5.41) is 1.15. The molecular weight excluding hydrogens is 257 g/mol. The molecular formula is C13H11Cl2NO. The van der Waals surface area contributed by atoms with Gasteiger partial charge in [0.05, 0.1) is 5.02 Å². The lowest BCUT2D eigenvalue weighted by Crippen LogP contribution is -1.92. The van der Waals surface area contributed by atoms with Crippen LogP contribution < -0.4 is 10.5 Å². The SMILES string of the molecule is Cc1cc(Oc2ccc(Cl)cc2)c(Cl)cc1N. The highest BCUT2D eigenvalue weighted by molar-refractivity contribution is 6.32. The predicted octanol–water partition coefficient (Wildman–Crippen LogP) is 4.68. The Morgan fingerprint density at radius 3 is 2.35 bits per heavy atom. The minimum Gasteiger partial charge on any atom is -0.456 e. The lowest BCUT2D eigenvalue weighted by atomic mass is 10.2. The van der Waals surface area contributed by atoms with Gasteiger partial charge in [-0.2, -0.15) is 0 Å². The van der Waals surface area contributed by atoms with E-state index in [-0.39, 0.29) is 0 Å². The molecule has 2 aromatic carbocycles. The van der Waals surface area contributed by atoms with E-state index in [1.54, 1.807) is 30.3 Å². The highest BCUT2D eigenvalue weighted by Gasteiger charge is 2.06. The van der Waals surface area contributed by atoms with Gasteiger partial charge in [0.1, 0.15) is 11.5 Å². The minimum atomic E-state index is 0.489. The quantitative estimate of drug-likeness (QED) is 0.803. The maximum atomic E-state index is 6.05. The van der Waals surface area contributed by atoms with Crippen LogP contribution in [0.2, 0.25) is 10.0 Å². The number of benzene rings is 2. The van der Waals surface area contributed by atoms with Crippen molar-refractivity contribution in [2.24, 2.45) is 0 Å². The highest BCUT2D eigenvalue weighted by Crippen LogP contribution is 2.33. The Morgan fingerprint density at radius 2 is 1.71 bits per heavy atom. The normalized spacial score (nSPS) is 10.3. The van der Waals surface area contributed by atoms with Crippen molar-refractivity contribution in [3.05, 3.63) is 52.0 Å². The molecule has 4 heteroatoms. The van der Waals surface area contributed by atoms with E-state index in [4.69, 9.17) is 33.7 Å². The molecule has 0 spiro atoms. The van der Waals surface area contributed by atoms with Gasteiger partial charge in [-0.05, 0) is 48.9 Å². The maximum Gasteiger partial charge on any atom is 0.146 e. The van der Waals surface area contributed by atoms with E-state index in [0.29, 0.717) is 27.2 Å². The zero-order valence-electron chi connectivity index (χ0n) is 9.21. The first kappa shape index (κ1) is 12.1. The van der Waals surface area contributed by atoms with Gasteiger partial charge in [-0.1, -0.05) is 23.2 Å². The first-order valence-corrected chi connectivity index (χ1v) is 5.81. The van der Waals surface area contributed by atoms with E-state index < -0.39 is 0 Å². The van der Waals surface area contributed by atoms with Crippen molar-refractivity contribution in [1.29, 1.82) is 0 Å². The molecule has 0 aliphatic heterocycles. The first-order valence-electron chi connectivity index (χ1n) is 5.05. The van der Waals surface area contributed by atoms with Crippen molar-refractivity contribution in [3.8, 4) is 11.5 Å². The van der Waals surface area contributed by atoms with Crippen molar-refractivity contribution in [1.82, 2.24) is 0 Å². The van der Waals surface area contributed by atoms with E-state index in [9.17, 15) is 0 Å². The van der Waals surface area contributed by atoms with E-state index in [2.05, 4.69) is 0 Å². The summed E-state index contributed by atoms with van der Waals surface area (Å²) in [5.74, 6) is 1.26. The fraction of sp³-hybridized carbons (Fsp3) is 0.0769. The molecule has 0 saturated heterocycles. The van der Waals surface area contributed by atoms with Crippen molar-refractivity contribution in [3.63, 3.8) is 0 Å². The number of hydrogen-bond donors (Lipinski definition) is 1. The van der Waals surface area contributed by atoms with Gasteiger partial charge in [0.25, 0.3) is 0 Å². The lowest BCUT2D eigenvalue weighted by Gasteiger charge is -2.10. The third-order valence-electron chi connectivity index (χ3n) is 2.36. The summed E-state index contributed by atoms with van der Waals surface area (Å²) in [5.41, 5.74) is 7.33. The summed E-state index contributed by atoms with van der Waals surface area (Å²) in [6, 6.07) is 10.6. The lowest BCUT2D eigenvalue weighted by molar-refractivity contribution is 0.482. The van der Waals surface area contributed by atoms with Crippen molar-refractivity contribution in [2.45, 2.75) is 6.92 Å². The summed E-state index contributed by atoms with van der Waals surface area (Å²) in [4.78, 5) is 0. The molecule has 2 N–H and O–H groups in total. The molecule has 88 valence electrons. The topological polar surface area (TPSA) is 35.2 Å². The number of nitrogen functional groups attached to an aromatic ring is 1. The molecule has 0 radical (unpaired) electrons. The zero-order chi connectivity index (χ0) is 12.4.